The largest absolute Gasteiger partial charge is 0.314 e. The van der Waals surface area contributed by atoms with Gasteiger partial charge in [-0.25, -0.2) is 8.78 Å². The van der Waals surface area contributed by atoms with Gasteiger partial charge >= 0.3 is 0 Å². The number of likely N-dealkylation sites (N-methyl/N-ethyl adjacent to an activating group) is 1. The molecule has 0 saturated carbocycles. The summed E-state index contributed by atoms with van der Waals surface area (Å²) in [6.45, 7) is 2.81. The van der Waals surface area contributed by atoms with Gasteiger partial charge < -0.3 is 5.32 Å². The van der Waals surface area contributed by atoms with Crippen molar-refractivity contribution in [3.05, 3.63) is 56.2 Å². The van der Waals surface area contributed by atoms with Crippen LogP contribution in [0.15, 0.2) is 34.1 Å². The molecule has 1 heterocycles. The van der Waals surface area contributed by atoms with Crippen molar-refractivity contribution in [1.82, 2.24) is 5.32 Å². The molecule has 0 fully saturated rings. The van der Waals surface area contributed by atoms with Crippen molar-refractivity contribution in [2.75, 3.05) is 6.54 Å². The van der Waals surface area contributed by atoms with Crippen LogP contribution in [0.1, 0.15) is 17.4 Å². The van der Waals surface area contributed by atoms with Crippen LogP contribution < -0.4 is 5.32 Å². The van der Waals surface area contributed by atoms with Crippen LogP contribution in [0.25, 0.3) is 0 Å². The SMILES string of the molecule is CCNC(Cc1cccc(F)c1F)Cc1sccc1Br. The fourth-order valence-corrected chi connectivity index (χ4v) is 3.77. The van der Waals surface area contributed by atoms with Crippen LogP contribution in [-0.4, -0.2) is 12.6 Å². The molecule has 108 valence electrons. The van der Waals surface area contributed by atoms with E-state index < -0.39 is 11.6 Å². The number of benzene rings is 1. The average molecular weight is 360 g/mol. The predicted octanol–water partition coefficient (Wildman–Crippen LogP) is 4.55. The Labute approximate surface area is 130 Å². The molecule has 1 aromatic heterocycles. The summed E-state index contributed by atoms with van der Waals surface area (Å²) < 4.78 is 28.1. The van der Waals surface area contributed by atoms with Crippen molar-refractivity contribution < 1.29 is 8.78 Å². The van der Waals surface area contributed by atoms with Crippen LogP contribution in [0.3, 0.4) is 0 Å². The quantitative estimate of drug-likeness (QED) is 0.797. The van der Waals surface area contributed by atoms with Crippen molar-refractivity contribution in [2.45, 2.75) is 25.8 Å². The third-order valence-electron chi connectivity index (χ3n) is 3.11. The highest BCUT2D eigenvalue weighted by Crippen LogP contribution is 2.25. The lowest BCUT2D eigenvalue weighted by molar-refractivity contribution is 0.474. The molecule has 5 heteroatoms. The first-order chi connectivity index (χ1) is 9.61. The minimum absolute atomic E-state index is 0.0891. The van der Waals surface area contributed by atoms with E-state index in [1.165, 1.54) is 4.88 Å². The molecule has 1 nitrogen and oxygen atoms in total. The van der Waals surface area contributed by atoms with Crippen LogP contribution in [0, 0.1) is 11.6 Å². The van der Waals surface area contributed by atoms with E-state index >= 15 is 0 Å². The molecule has 1 N–H and O–H groups in total. The van der Waals surface area contributed by atoms with E-state index in [-0.39, 0.29) is 6.04 Å². The molecule has 1 aromatic carbocycles. The van der Waals surface area contributed by atoms with Gasteiger partial charge in [-0.2, -0.15) is 0 Å². The van der Waals surface area contributed by atoms with E-state index in [9.17, 15) is 8.78 Å². The summed E-state index contributed by atoms with van der Waals surface area (Å²) in [6.07, 6.45) is 1.27. The van der Waals surface area contributed by atoms with Crippen LogP contribution >= 0.6 is 27.3 Å². The van der Waals surface area contributed by atoms with Gasteiger partial charge in [0, 0.05) is 15.4 Å². The highest BCUT2D eigenvalue weighted by molar-refractivity contribution is 9.10. The maximum Gasteiger partial charge on any atom is 0.162 e. The molecule has 0 aliphatic heterocycles. The molecule has 20 heavy (non-hydrogen) atoms. The average Bonchev–Trinajstić information content (AvgIpc) is 2.81. The first-order valence-electron chi connectivity index (χ1n) is 6.50. The van der Waals surface area contributed by atoms with Gasteiger partial charge in [0.25, 0.3) is 0 Å². The summed E-state index contributed by atoms with van der Waals surface area (Å²) in [7, 11) is 0. The van der Waals surface area contributed by atoms with E-state index in [1.54, 1.807) is 23.5 Å². The summed E-state index contributed by atoms with van der Waals surface area (Å²) in [5.41, 5.74) is 0.420. The molecule has 2 aromatic rings. The van der Waals surface area contributed by atoms with E-state index in [0.717, 1.165) is 23.5 Å². The number of rotatable bonds is 6. The minimum atomic E-state index is -0.782. The fourth-order valence-electron chi connectivity index (χ4n) is 2.17. The van der Waals surface area contributed by atoms with Crippen LogP contribution in [-0.2, 0) is 12.8 Å². The Morgan fingerprint density at radius 1 is 1.25 bits per heavy atom. The van der Waals surface area contributed by atoms with E-state index in [1.807, 2.05) is 18.4 Å². The lowest BCUT2D eigenvalue weighted by Gasteiger charge is -2.18. The minimum Gasteiger partial charge on any atom is -0.314 e. The summed E-state index contributed by atoms with van der Waals surface area (Å²) in [5.74, 6) is -1.52. The lowest BCUT2D eigenvalue weighted by Crippen LogP contribution is -2.33. The van der Waals surface area contributed by atoms with Crippen LogP contribution in [0.5, 0.6) is 0 Å². The highest BCUT2D eigenvalue weighted by atomic mass is 79.9. The molecule has 1 atom stereocenters. The summed E-state index contributed by atoms with van der Waals surface area (Å²) >= 11 is 5.17. The number of nitrogens with one attached hydrogen (secondary N) is 1. The monoisotopic (exact) mass is 359 g/mol. The van der Waals surface area contributed by atoms with Gasteiger partial charge in [-0.3, -0.25) is 0 Å². The predicted molar refractivity (Wildman–Crippen MR) is 83.2 cm³/mol. The Hall–Kier alpha value is -0.780. The molecule has 0 saturated heterocycles. The summed E-state index contributed by atoms with van der Waals surface area (Å²) in [5, 5.41) is 5.36. The Morgan fingerprint density at radius 2 is 2.05 bits per heavy atom. The second kappa shape index (κ2) is 7.29. The zero-order valence-electron chi connectivity index (χ0n) is 11.1. The zero-order chi connectivity index (χ0) is 14.5. The first-order valence-corrected chi connectivity index (χ1v) is 8.17. The smallest absolute Gasteiger partial charge is 0.162 e. The van der Waals surface area contributed by atoms with Gasteiger partial charge in [-0.05, 0) is 58.4 Å². The van der Waals surface area contributed by atoms with E-state index in [2.05, 4.69) is 21.2 Å². The molecule has 0 spiro atoms. The Bertz CT molecular complexity index is 571. The summed E-state index contributed by atoms with van der Waals surface area (Å²) in [4.78, 5) is 1.22. The van der Waals surface area contributed by atoms with Crippen molar-refractivity contribution in [3.63, 3.8) is 0 Å². The molecule has 0 bridgehead atoms. The molecule has 2 rings (SSSR count). The molecule has 1 unspecified atom stereocenters. The van der Waals surface area contributed by atoms with Gasteiger partial charge in [-0.1, -0.05) is 19.1 Å². The lowest BCUT2D eigenvalue weighted by atomic mass is 10.0. The van der Waals surface area contributed by atoms with Gasteiger partial charge in [0.1, 0.15) is 0 Å². The van der Waals surface area contributed by atoms with Gasteiger partial charge in [0.2, 0.25) is 0 Å². The second-order valence-electron chi connectivity index (χ2n) is 4.57. The molecule has 0 aliphatic rings. The standard InChI is InChI=1S/C15H16BrF2NS/c1-2-19-11(9-14-12(16)6-7-20-14)8-10-4-3-5-13(17)15(10)18/h3-7,11,19H,2,8-9H2,1H3. The second-order valence-corrected chi connectivity index (χ2v) is 6.42. The maximum atomic E-state index is 13.8. The summed E-state index contributed by atoms with van der Waals surface area (Å²) in [6, 6.07) is 6.44. The topological polar surface area (TPSA) is 12.0 Å². The van der Waals surface area contributed by atoms with Gasteiger partial charge in [0.15, 0.2) is 11.6 Å². The fraction of sp³-hybridized carbons (Fsp3) is 0.333. The molecular weight excluding hydrogens is 344 g/mol. The normalized spacial score (nSPS) is 12.6. The first kappa shape index (κ1) is 15.6. The zero-order valence-corrected chi connectivity index (χ0v) is 13.5. The van der Waals surface area contributed by atoms with Crippen molar-refractivity contribution in [3.8, 4) is 0 Å². The maximum absolute atomic E-state index is 13.8. The Balaban J connectivity index is 2.13. The third-order valence-corrected chi connectivity index (χ3v) is 5.06. The molecule has 0 aliphatic carbocycles. The van der Waals surface area contributed by atoms with Crippen LogP contribution in [0.4, 0.5) is 8.78 Å². The molecular formula is C15H16BrF2NS. The van der Waals surface area contributed by atoms with Crippen molar-refractivity contribution >= 4 is 27.3 Å². The Morgan fingerprint density at radius 3 is 2.70 bits per heavy atom. The number of thiophene rings is 1. The number of hydrogen-bond acceptors (Lipinski definition) is 2. The van der Waals surface area contributed by atoms with Gasteiger partial charge in [0.05, 0.1) is 0 Å². The molecule has 0 radical (unpaired) electrons. The van der Waals surface area contributed by atoms with E-state index in [0.29, 0.717) is 12.0 Å². The van der Waals surface area contributed by atoms with Crippen LogP contribution in [0.2, 0.25) is 0 Å². The van der Waals surface area contributed by atoms with Gasteiger partial charge in [-0.15, -0.1) is 11.3 Å². The number of hydrogen-bond donors (Lipinski definition) is 1. The van der Waals surface area contributed by atoms with Crippen molar-refractivity contribution in [2.24, 2.45) is 0 Å². The Kier molecular flexibility index (Phi) is 5.69. The third kappa shape index (κ3) is 3.87. The van der Waals surface area contributed by atoms with E-state index in [4.69, 9.17) is 0 Å². The molecule has 0 amide bonds. The van der Waals surface area contributed by atoms with Crippen molar-refractivity contribution in [1.29, 1.82) is 0 Å². The number of halogens is 3. The highest BCUT2D eigenvalue weighted by Gasteiger charge is 2.16.